The molecule has 0 aliphatic carbocycles. The number of benzene rings is 1. The first-order valence-electron chi connectivity index (χ1n) is 8.17. The number of aryl methyl sites for hydroxylation is 1. The van der Waals surface area contributed by atoms with Crippen molar-refractivity contribution in [2.45, 2.75) is 33.1 Å². The third-order valence-corrected chi connectivity index (χ3v) is 3.44. The van der Waals surface area contributed by atoms with Crippen LogP contribution in [0.3, 0.4) is 0 Å². The van der Waals surface area contributed by atoms with Gasteiger partial charge in [0.1, 0.15) is 5.69 Å². The maximum atomic E-state index is 11.4. The molecule has 0 atom stereocenters. The lowest BCUT2D eigenvalue weighted by Gasteiger charge is -2.11. The van der Waals surface area contributed by atoms with Crippen LogP contribution in [0.5, 0.6) is 11.5 Å². The lowest BCUT2D eigenvalue weighted by atomic mass is 10.2. The van der Waals surface area contributed by atoms with Gasteiger partial charge < -0.3 is 9.47 Å². The SMILES string of the molecule is CCCCCOc1ccc(/C=N/Nc2nnc(C)c(=O)[nH]2)cc1OC. The fraction of sp³-hybridized carbons (Fsp3) is 0.412. The molecule has 1 aromatic carbocycles. The Morgan fingerprint density at radius 1 is 1.28 bits per heavy atom. The molecule has 134 valence electrons. The quantitative estimate of drug-likeness (QED) is 0.411. The minimum Gasteiger partial charge on any atom is -0.493 e. The summed E-state index contributed by atoms with van der Waals surface area (Å²) < 4.78 is 11.1. The van der Waals surface area contributed by atoms with Gasteiger partial charge in [-0.3, -0.25) is 9.78 Å². The maximum absolute atomic E-state index is 11.4. The number of methoxy groups -OCH3 is 1. The number of nitrogens with zero attached hydrogens (tertiary/aromatic N) is 3. The Labute approximate surface area is 146 Å². The van der Waals surface area contributed by atoms with E-state index in [1.165, 1.54) is 0 Å². The highest BCUT2D eigenvalue weighted by atomic mass is 16.5. The zero-order valence-corrected chi connectivity index (χ0v) is 14.7. The highest BCUT2D eigenvalue weighted by Crippen LogP contribution is 2.27. The van der Waals surface area contributed by atoms with E-state index in [-0.39, 0.29) is 11.5 Å². The molecule has 2 rings (SSSR count). The molecule has 1 heterocycles. The summed E-state index contributed by atoms with van der Waals surface area (Å²) in [6, 6.07) is 5.54. The Morgan fingerprint density at radius 2 is 2.12 bits per heavy atom. The number of nitrogens with one attached hydrogen (secondary N) is 2. The summed E-state index contributed by atoms with van der Waals surface area (Å²) in [6.45, 7) is 4.40. The number of hydrogen-bond acceptors (Lipinski definition) is 7. The molecule has 0 saturated heterocycles. The molecule has 0 unspecified atom stereocenters. The van der Waals surface area contributed by atoms with Gasteiger partial charge in [0.05, 0.1) is 19.9 Å². The molecule has 0 amide bonds. The molecular weight excluding hydrogens is 322 g/mol. The Balaban J connectivity index is 1.99. The van der Waals surface area contributed by atoms with Crippen molar-refractivity contribution < 1.29 is 9.47 Å². The first-order chi connectivity index (χ1) is 12.1. The van der Waals surface area contributed by atoms with E-state index in [4.69, 9.17) is 9.47 Å². The summed E-state index contributed by atoms with van der Waals surface area (Å²) >= 11 is 0. The Morgan fingerprint density at radius 3 is 2.84 bits per heavy atom. The van der Waals surface area contributed by atoms with Gasteiger partial charge in [-0.2, -0.15) is 5.10 Å². The number of anilines is 1. The standard InChI is InChI=1S/C17H23N5O3/c1-4-5-6-9-25-14-8-7-13(10-15(14)24-3)11-18-21-17-19-16(23)12(2)20-22-17/h7-8,10-11H,4-6,9H2,1-3H3,(H2,19,21,22,23)/b18-11+. The van der Waals surface area contributed by atoms with Crippen LogP contribution >= 0.6 is 0 Å². The van der Waals surface area contributed by atoms with Crippen LogP contribution in [-0.2, 0) is 0 Å². The topological polar surface area (TPSA) is 101 Å². The first-order valence-corrected chi connectivity index (χ1v) is 8.17. The van der Waals surface area contributed by atoms with Crippen LogP contribution in [0.1, 0.15) is 37.4 Å². The monoisotopic (exact) mass is 345 g/mol. The van der Waals surface area contributed by atoms with Crippen molar-refractivity contribution >= 4 is 12.2 Å². The molecule has 0 radical (unpaired) electrons. The smallest absolute Gasteiger partial charge is 0.274 e. The van der Waals surface area contributed by atoms with Gasteiger partial charge in [0.15, 0.2) is 11.5 Å². The number of H-pyrrole nitrogens is 1. The van der Waals surface area contributed by atoms with Crippen molar-refractivity contribution in [3.63, 3.8) is 0 Å². The summed E-state index contributed by atoms with van der Waals surface area (Å²) in [6.07, 6.45) is 4.90. The number of aromatic nitrogens is 3. The third kappa shape index (κ3) is 5.59. The summed E-state index contributed by atoms with van der Waals surface area (Å²) in [5.74, 6) is 1.52. The first kappa shape index (κ1) is 18.4. The van der Waals surface area contributed by atoms with Gasteiger partial charge in [0.2, 0.25) is 5.95 Å². The van der Waals surface area contributed by atoms with E-state index in [1.54, 1.807) is 20.2 Å². The van der Waals surface area contributed by atoms with Crippen LogP contribution in [0.15, 0.2) is 28.1 Å². The molecule has 0 aliphatic rings. The normalized spacial score (nSPS) is 10.8. The van der Waals surface area contributed by atoms with E-state index in [0.717, 1.165) is 24.8 Å². The Kier molecular flexibility index (Phi) is 6.94. The maximum Gasteiger partial charge on any atom is 0.274 e. The van der Waals surface area contributed by atoms with E-state index in [0.29, 0.717) is 23.8 Å². The Bertz CT molecular complexity index is 773. The van der Waals surface area contributed by atoms with Gasteiger partial charge in [0, 0.05) is 0 Å². The molecule has 0 fully saturated rings. The summed E-state index contributed by atoms with van der Waals surface area (Å²) in [5.41, 5.74) is 3.44. The zero-order chi connectivity index (χ0) is 18.1. The molecule has 0 saturated carbocycles. The van der Waals surface area contributed by atoms with Crippen LogP contribution in [-0.4, -0.2) is 35.1 Å². The Hall–Kier alpha value is -2.90. The van der Waals surface area contributed by atoms with Gasteiger partial charge in [-0.15, -0.1) is 10.2 Å². The molecule has 1 aromatic heterocycles. The van der Waals surface area contributed by atoms with Crippen LogP contribution < -0.4 is 20.5 Å². The average Bonchev–Trinajstić information content (AvgIpc) is 2.62. The minimum absolute atomic E-state index is 0.176. The molecule has 0 bridgehead atoms. The molecule has 2 N–H and O–H groups in total. The fourth-order valence-electron chi connectivity index (χ4n) is 2.03. The number of hydrazone groups is 1. The molecule has 2 aromatic rings. The summed E-state index contributed by atoms with van der Waals surface area (Å²) in [7, 11) is 1.60. The highest BCUT2D eigenvalue weighted by molar-refractivity contribution is 5.81. The molecule has 8 heteroatoms. The second-order valence-electron chi connectivity index (χ2n) is 5.42. The molecule has 0 spiro atoms. The van der Waals surface area contributed by atoms with Gasteiger partial charge in [-0.05, 0) is 37.1 Å². The second kappa shape index (κ2) is 9.41. The lowest BCUT2D eigenvalue weighted by Crippen LogP contribution is -2.15. The van der Waals surface area contributed by atoms with Crippen molar-refractivity contribution in [2.24, 2.45) is 5.10 Å². The van der Waals surface area contributed by atoms with E-state index >= 15 is 0 Å². The van der Waals surface area contributed by atoms with Crippen molar-refractivity contribution in [3.05, 3.63) is 39.8 Å². The average molecular weight is 345 g/mol. The highest BCUT2D eigenvalue weighted by Gasteiger charge is 2.05. The number of ether oxygens (including phenoxy) is 2. The largest absolute Gasteiger partial charge is 0.493 e. The van der Waals surface area contributed by atoms with Crippen molar-refractivity contribution in [1.29, 1.82) is 0 Å². The molecular formula is C17H23N5O3. The number of unbranched alkanes of at least 4 members (excludes halogenated alkanes) is 2. The molecule has 25 heavy (non-hydrogen) atoms. The minimum atomic E-state index is -0.307. The van der Waals surface area contributed by atoms with E-state index in [1.807, 2.05) is 18.2 Å². The lowest BCUT2D eigenvalue weighted by molar-refractivity contribution is 0.286. The van der Waals surface area contributed by atoms with Crippen molar-refractivity contribution in [1.82, 2.24) is 15.2 Å². The van der Waals surface area contributed by atoms with Crippen molar-refractivity contribution in [2.75, 3.05) is 19.1 Å². The van der Waals surface area contributed by atoms with E-state index < -0.39 is 0 Å². The van der Waals surface area contributed by atoms with Gasteiger partial charge >= 0.3 is 0 Å². The van der Waals surface area contributed by atoms with Crippen molar-refractivity contribution in [3.8, 4) is 11.5 Å². The van der Waals surface area contributed by atoms with Gasteiger partial charge in [-0.1, -0.05) is 19.8 Å². The van der Waals surface area contributed by atoms with E-state index in [9.17, 15) is 4.79 Å². The number of hydrogen-bond donors (Lipinski definition) is 2. The van der Waals surface area contributed by atoms with Crippen LogP contribution in [0.25, 0.3) is 0 Å². The third-order valence-electron chi connectivity index (χ3n) is 3.44. The van der Waals surface area contributed by atoms with Crippen LogP contribution in [0.4, 0.5) is 5.95 Å². The zero-order valence-electron chi connectivity index (χ0n) is 14.7. The predicted octanol–water partition coefficient (Wildman–Crippen LogP) is 2.50. The van der Waals surface area contributed by atoms with Crippen LogP contribution in [0.2, 0.25) is 0 Å². The number of rotatable bonds is 9. The number of aromatic amines is 1. The predicted molar refractivity (Wildman–Crippen MR) is 96.6 cm³/mol. The summed E-state index contributed by atoms with van der Waals surface area (Å²) in [4.78, 5) is 14.0. The fourth-order valence-corrected chi connectivity index (χ4v) is 2.03. The van der Waals surface area contributed by atoms with Gasteiger partial charge in [0.25, 0.3) is 5.56 Å². The second-order valence-corrected chi connectivity index (χ2v) is 5.42. The van der Waals surface area contributed by atoms with Gasteiger partial charge in [-0.25, -0.2) is 5.43 Å². The molecule has 0 aliphatic heterocycles. The van der Waals surface area contributed by atoms with E-state index in [2.05, 4.69) is 32.6 Å². The molecule has 8 nitrogen and oxygen atoms in total. The summed E-state index contributed by atoms with van der Waals surface area (Å²) in [5, 5.41) is 11.5. The van der Waals surface area contributed by atoms with Crippen LogP contribution in [0, 0.1) is 6.92 Å².